The van der Waals surface area contributed by atoms with Gasteiger partial charge in [0.05, 0.1) is 0 Å². The second-order valence-corrected chi connectivity index (χ2v) is 3.99. The first kappa shape index (κ1) is 11.5. The minimum absolute atomic E-state index is 0.118. The van der Waals surface area contributed by atoms with Crippen LogP contribution in [0.1, 0.15) is 35.2 Å². The molecule has 4 heteroatoms. The maximum absolute atomic E-state index is 12.2. The Bertz CT molecular complexity index is 531. The minimum atomic E-state index is -0.118. The van der Waals surface area contributed by atoms with E-state index < -0.39 is 0 Å². The highest BCUT2D eigenvalue weighted by Crippen LogP contribution is 2.08. The molecule has 0 spiro atoms. The Hall–Kier alpha value is -1.97. The van der Waals surface area contributed by atoms with E-state index in [0.29, 0.717) is 11.5 Å². The van der Waals surface area contributed by atoms with Gasteiger partial charge in [0.1, 0.15) is 5.69 Å². The predicted octanol–water partition coefficient (Wildman–Crippen LogP) is 2.23. The Morgan fingerprint density at radius 1 is 1.35 bits per heavy atom. The number of hydrogen-bond donors (Lipinski definition) is 0. The van der Waals surface area contributed by atoms with E-state index in [1.165, 1.54) is 0 Å². The second-order valence-electron chi connectivity index (χ2n) is 3.99. The van der Waals surface area contributed by atoms with Gasteiger partial charge in [0.15, 0.2) is 5.82 Å². The summed E-state index contributed by atoms with van der Waals surface area (Å²) in [6.45, 7) is 4.81. The third kappa shape index (κ3) is 2.41. The largest absolute Gasteiger partial charge is 0.328 e. The van der Waals surface area contributed by atoms with Crippen molar-refractivity contribution in [1.82, 2.24) is 14.5 Å². The van der Waals surface area contributed by atoms with E-state index in [0.717, 1.165) is 18.5 Å². The van der Waals surface area contributed by atoms with Crippen molar-refractivity contribution >= 4 is 5.78 Å². The van der Waals surface area contributed by atoms with Gasteiger partial charge in [0.2, 0.25) is 5.78 Å². The lowest BCUT2D eigenvalue weighted by molar-refractivity contribution is 0.102. The Balaban J connectivity index is 2.33. The molecule has 0 aliphatic rings. The molecule has 0 amide bonds. The van der Waals surface area contributed by atoms with E-state index in [1.54, 1.807) is 18.5 Å². The number of pyridine rings is 1. The Labute approximate surface area is 100 Å². The fourth-order valence-corrected chi connectivity index (χ4v) is 1.71. The number of carbonyl (C=O) groups excluding carboxylic acids is 1. The predicted molar refractivity (Wildman–Crippen MR) is 64.9 cm³/mol. The van der Waals surface area contributed by atoms with Gasteiger partial charge in [0, 0.05) is 25.1 Å². The van der Waals surface area contributed by atoms with Crippen LogP contribution in [-0.2, 0) is 6.54 Å². The zero-order valence-corrected chi connectivity index (χ0v) is 10.1. The van der Waals surface area contributed by atoms with Crippen LogP contribution in [0.3, 0.4) is 0 Å². The molecule has 4 nitrogen and oxygen atoms in total. The molecule has 88 valence electrons. The molecule has 2 rings (SSSR count). The highest BCUT2D eigenvalue weighted by molar-refractivity contribution is 6.05. The van der Waals surface area contributed by atoms with Crippen LogP contribution in [0.5, 0.6) is 0 Å². The molecule has 0 radical (unpaired) electrons. The third-order valence-electron chi connectivity index (χ3n) is 2.53. The van der Waals surface area contributed by atoms with Gasteiger partial charge in [-0.2, -0.15) is 0 Å². The molecule has 0 bridgehead atoms. The van der Waals surface area contributed by atoms with Crippen LogP contribution in [-0.4, -0.2) is 20.3 Å². The lowest BCUT2D eigenvalue weighted by Gasteiger charge is -2.05. The highest BCUT2D eigenvalue weighted by atomic mass is 16.1. The molecule has 2 heterocycles. The number of carbonyl (C=O) groups is 1. The lowest BCUT2D eigenvalue weighted by Crippen LogP contribution is -2.12. The third-order valence-corrected chi connectivity index (χ3v) is 2.53. The highest BCUT2D eigenvalue weighted by Gasteiger charge is 2.15. The molecule has 0 saturated carbocycles. The number of aryl methyl sites for hydroxylation is 2. The first-order valence-corrected chi connectivity index (χ1v) is 5.71. The van der Waals surface area contributed by atoms with E-state index in [4.69, 9.17) is 0 Å². The molecule has 0 unspecified atom stereocenters. The molecular weight excluding hydrogens is 214 g/mol. The molecule has 0 atom stereocenters. The number of nitrogens with zero attached hydrogens (tertiary/aromatic N) is 3. The van der Waals surface area contributed by atoms with Crippen molar-refractivity contribution in [2.75, 3.05) is 0 Å². The van der Waals surface area contributed by atoms with Crippen LogP contribution in [0, 0.1) is 6.92 Å². The Morgan fingerprint density at radius 3 is 2.88 bits per heavy atom. The number of imidazole rings is 1. The normalized spacial score (nSPS) is 10.5. The summed E-state index contributed by atoms with van der Waals surface area (Å²) in [4.78, 5) is 20.4. The van der Waals surface area contributed by atoms with E-state index in [2.05, 4.69) is 16.9 Å². The topological polar surface area (TPSA) is 47.8 Å². The molecule has 0 aliphatic carbocycles. The van der Waals surface area contributed by atoms with Crippen molar-refractivity contribution in [3.05, 3.63) is 47.8 Å². The van der Waals surface area contributed by atoms with Gasteiger partial charge in [-0.1, -0.05) is 6.92 Å². The van der Waals surface area contributed by atoms with Gasteiger partial charge in [0.25, 0.3) is 0 Å². The second kappa shape index (κ2) is 4.91. The molecule has 17 heavy (non-hydrogen) atoms. The fourth-order valence-electron chi connectivity index (χ4n) is 1.71. The van der Waals surface area contributed by atoms with Crippen molar-refractivity contribution in [2.45, 2.75) is 26.8 Å². The summed E-state index contributed by atoms with van der Waals surface area (Å²) in [7, 11) is 0. The number of hydrogen-bond acceptors (Lipinski definition) is 3. The molecule has 0 fully saturated rings. The lowest BCUT2D eigenvalue weighted by atomic mass is 10.2. The number of rotatable bonds is 4. The zero-order chi connectivity index (χ0) is 12.3. The van der Waals surface area contributed by atoms with E-state index in [-0.39, 0.29) is 5.78 Å². The van der Waals surface area contributed by atoms with Gasteiger partial charge in [-0.15, -0.1) is 0 Å². The van der Waals surface area contributed by atoms with E-state index >= 15 is 0 Å². The van der Waals surface area contributed by atoms with Crippen molar-refractivity contribution in [1.29, 1.82) is 0 Å². The summed E-state index contributed by atoms with van der Waals surface area (Å²) in [6.07, 6.45) is 6.10. The fraction of sp³-hybridized carbons (Fsp3) is 0.308. The molecule has 0 aliphatic heterocycles. The zero-order valence-electron chi connectivity index (χ0n) is 10.1. The van der Waals surface area contributed by atoms with Crippen LogP contribution in [0.25, 0.3) is 0 Å². The standard InChI is InChI=1S/C13H15N3O/c1-3-7-16-8-6-15-13(16)12(17)11-9-10(2)4-5-14-11/h4-6,8-9H,3,7H2,1-2H3. The summed E-state index contributed by atoms with van der Waals surface area (Å²) in [5.74, 6) is 0.345. The monoisotopic (exact) mass is 229 g/mol. The minimum Gasteiger partial charge on any atom is -0.328 e. The molecule has 2 aromatic heterocycles. The van der Waals surface area contributed by atoms with Crippen molar-refractivity contribution < 1.29 is 4.79 Å². The van der Waals surface area contributed by atoms with E-state index in [9.17, 15) is 4.79 Å². The van der Waals surface area contributed by atoms with Gasteiger partial charge in [-0.3, -0.25) is 9.78 Å². The van der Waals surface area contributed by atoms with Crippen LogP contribution in [0.15, 0.2) is 30.7 Å². The van der Waals surface area contributed by atoms with Gasteiger partial charge in [-0.05, 0) is 31.0 Å². The van der Waals surface area contributed by atoms with Crippen molar-refractivity contribution in [3.63, 3.8) is 0 Å². The van der Waals surface area contributed by atoms with Gasteiger partial charge >= 0.3 is 0 Å². The maximum atomic E-state index is 12.2. The van der Waals surface area contributed by atoms with Gasteiger partial charge in [-0.25, -0.2) is 4.98 Å². The number of aromatic nitrogens is 3. The molecule has 0 aromatic carbocycles. The van der Waals surface area contributed by atoms with Crippen molar-refractivity contribution in [2.24, 2.45) is 0 Å². The maximum Gasteiger partial charge on any atom is 0.246 e. The summed E-state index contributed by atoms with van der Waals surface area (Å²) in [5.41, 5.74) is 1.48. The van der Waals surface area contributed by atoms with E-state index in [1.807, 2.05) is 23.8 Å². The van der Waals surface area contributed by atoms with Crippen LogP contribution >= 0.6 is 0 Å². The summed E-state index contributed by atoms with van der Waals surface area (Å²) in [5, 5.41) is 0. The molecule has 0 N–H and O–H groups in total. The smallest absolute Gasteiger partial charge is 0.246 e. The molecule has 2 aromatic rings. The van der Waals surface area contributed by atoms with Crippen LogP contribution in [0.2, 0.25) is 0 Å². The summed E-state index contributed by atoms with van der Waals surface area (Å²) in [6, 6.07) is 3.66. The number of ketones is 1. The first-order chi connectivity index (χ1) is 8.22. The SMILES string of the molecule is CCCn1ccnc1C(=O)c1cc(C)ccn1. The first-order valence-electron chi connectivity index (χ1n) is 5.71. The van der Waals surface area contributed by atoms with Crippen molar-refractivity contribution in [3.8, 4) is 0 Å². The Kier molecular flexibility index (Phi) is 3.32. The molecular formula is C13H15N3O. The Morgan fingerprint density at radius 2 is 2.18 bits per heavy atom. The quantitative estimate of drug-likeness (QED) is 0.755. The van der Waals surface area contributed by atoms with Crippen LogP contribution in [0.4, 0.5) is 0 Å². The van der Waals surface area contributed by atoms with Crippen LogP contribution < -0.4 is 0 Å². The average molecular weight is 229 g/mol. The molecule has 0 saturated heterocycles. The average Bonchev–Trinajstić information content (AvgIpc) is 2.77. The van der Waals surface area contributed by atoms with Gasteiger partial charge < -0.3 is 4.57 Å². The summed E-state index contributed by atoms with van der Waals surface area (Å²) >= 11 is 0. The summed E-state index contributed by atoms with van der Waals surface area (Å²) < 4.78 is 1.87.